The molecule has 1 atom stereocenters. The van der Waals surface area contributed by atoms with Crippen molar-refractivity contribution in [2.75, 3.05) is 20.3 Å². The first-order valence-corrected chi connectivity index (χ1v) is 13.7. The molecule has 4 aromatic rings. The van der Waals surface area contributed by atoms with Gasteiger partial charge in [0.25, 0.3) is 0 Å². The Morgan fingerprint density at radius 1 is 1.05 bits per heavy atom. The number of hydrogen-bond donors (Lipinski definition) is 1. The summed E-state index contributed by atoms with van der Waals surface area (Å²) < 4.78 is 17.0. The van der Waals surface area contributed by atoms with Crippen LogP contribution in [0.1, 0.15) is 61.9 Å². The molecule has 1 aliphatic rings. The number of oxazole rings is 1. The molecule has 0 aliphatic carbocycles. The van der Waals surface area contributed by atoms with E-state index in [1.54, 1.807) is 31.6 Å². The van der Waals surface area contributed by atoms with Gasteiger partial charge in [0, 0.05) is 25.8 Å². The first kappa shape index (κ1) is 28.0. The molecular weight excluding hydrogens is 520 g/mol. The molecule has 0 bridgehead atoms. The lowest BCUT2D eigenvalue weighted by molar-refractivity contribution is -0.133. The Hall–Kier alpha value is -4.59. The fraction of sp³-hybridized carbons (Fsp3) is 0.303. The topological polar surface area (TPSA) is 102 Å². The van der Waals surface area contributed by atoms with Gasteiger partial charge in [-0.2, -0.15) is 0 Å². The SMILES string of the molecule is COc1cc2c(cc1OCCc1cccc(C(=O)O)c1)C(c1ccc(C)cc1C)N(C(=O)CCc1cocn1)CC2. The van der Waals surface area contributed by atoms with Crippen molar-refractivity contribution in [2.24, 2.45) is 0 Å². The van der Waals surface area contributed by atoms with Crippen LogP contribution in [0.5, 0.6) is 11.5 Å². The molecule has 41 heavy (non-hydrogen) atoms. The summed E-state index contributed by atoms with van der Waals surface area (Å²) in [5, 5.41) is 9.31. The van der Waals surface area contributed by atoms with Crippen LogP contribution in [-0.4, -0.2) is 47.1 Å². The first-order chi connectivity index (χ1) is 19.8. The number of carbonyl (C=O) groups is 2. The molecule has 0 saturated heterocycles. The van der Waals surface area contributed by atoms with E-state index >= 15 is 0 Å². The molecule has 0 fully saturated rings. The van der Waals surface area contributed by atoms with Gasteiger partial charge in [0.15, 0.2) is 17.9 Å². The van der Waals surface area contributed by atoms with Crippen LogP contribution < -0.4 is 9.47 Å². The van der Waals surface area contributed by atoms with Gasteiger partial charge >= 0.3 is 5.97 Å². The second-order valence-electron chi connectivity index (χ2n) is 10.4. The first-order valence-electron chi connectivity index (χ1n) is 13.7. The lowest BCUT2D eigenvalue weighted by Crippen LogP contribution is -2.41. The van der Waals surface area contributed by atoms with Gasteiger partial charge in [-0.1, -0.05) is 35.9 Å². The van der Waals surface area contributed by atoms with Crippen molar-refractivity contribution in [3.8, 4) is 11.5 Å². The van der Waals surface area contributed by atoms with E-state index in [0.717, 1.165) is 39.1 Å². The van der Waals surface area contributed by atoms with Crippen LogP contribution in [0.15, 0.2) is 71.7 Å². The van der Waals surface area contributed by atoms with E-state index in [1.165, 1.54) is 6.39 Å². The van der Waals surface area contributed by atoms with E-state index in [4.69, 9.17) is 13.9 Å². The number of methoxy groups -OCH3 is 1. The molecule has 1 aromatic heterocycles. The molecule has 3 aromatic carbocycles. The summed E-state index contributed by atoms with van der Waals surface area (Å²) in [6.45, 7) is 5.08. The molecule has 1 aliphatic heterocycles. The summed E-state index contributed by atoms with van der Waals surface area (Å²) in [7, 11) is 1.62. The number of carboxylic acid groups (broad SMARTS) is 1. The third-order valence-corrected chi connectivity index (χ3v) is 7.59. The smallest absolute Gasteiger partial charge is 0.335 e. The van der Waals surface area contributed by atoms with Crippen molar-refractivity contribution in [1.82, 2.24) is 9.88 Å². The number of fused-ring (bicyclic) bond motifs is 1. The Labute approximate surface area is 239 Å². The number of aryl methyl sites for hydroxylation is 3. The normalized spacial score (nSPS) is 14.4. The number of aromatic carboxylic acids is 1. The number of amides is 1. The summed E-state index contributed by atoms with van der Waals surface area (Å²) in [5.74, 6) is 0.322. The largest absolute Gasteiger partial charge is 0.493 e. The van der Waals surface area contributed by atoms with Crippen LogP contribution in [0.2, 0.25) is 0 Å². The van der Waals surface area contributed by atoms with Gasteiger partial charge in [-0.3, -0.25) is 4.79 Å². The summed E-state index contributed by atoms with van der Waals surface area (Å²) in [6, 6.07) is 17.0. The average Bonchev–Trinajstić information content (AvgIpc) is 3.49. The van der Waals surface area contributed by atoms with E-state index < -0.39 is 5.97 Å². The number of aromatic nitrogens is 1. The summed E-state index contributed by atoms with van der Waals surface area (Å²) in [4.78, 5) is 31.1. The molecule has 0 radical (unpaired) electrons. The zero-order valence-electron chi connectivity index (χ0n) is 23.6. The maximum absolute atomic E-state index is 13.6. The van der Waals surface area contributed by atoms with Crippen molar-refractivity contribution in [3.05, 3.63) is 112 Å². The quantitative estimate of drug-likeness (QED) is 0.267. The van der Waals surface area contributed by atoms with Crippen LogP contribution in [0, 0.1) is 13.8 Å². The molecule has 8 heteroatoms. The lowest BCUT2D eigenvalue weighted by Gasteiger charge is -2.39. The predicted molar refractivity (Wildman–Crippen MR) is 154 cm³/mol. The molecule has 0 spiro atoms. The number of rotatable bonds is 10. The van der Waals surface area contributed by atoms with Gasteiger partial charge in [0.05, 0.1) is 31.0 Å². The summed E-state index contributed by atoms with van der Waals surface area (Å²) >= 11 is 0. The van der Waals surface area contributed by atoms with E-state index in [-0.39, 0.29) is 17.5 Å². The highest BCUT2D eigenvalue weighted by Gasteiger charge is 2.34. The second-order valence-corrected chi connectivity index (χ2v) is 10.4. The van der Waals surface area contributed by atoms with Gasteiger partial charge in [-0.15, -0.1) is 0 Å². The highest BCUT2D eigenvalue weighted by Crippen LogP contribution is 2.42. The van der Waals surface area contributed by atoms with Gasteiger partial charge < -0.3 is 23.9 Å². The Morgan fingerprint density at radius 3 is 2.63 bits per heavy atom. The molecule has 0 saturated carbocycles. The van der Waals surface area contributed by atoms with Crippen LogP contribution in [0.4, 0.5) is 0 Å². The van der Waals surface area contributed by atoms with Gasteiger partial charge in [-0.05, 0) is 72.4 Å². The minimum absolute atomic E-state index is 0.0558. The van der Waals surface area contributed by atoms with E-state index in [9.17, 15) is 14.7 Å². The lowest BCUT2D eigenvalue weighted by atomic mass is 9.85. The van der Waals surface area contributed by atoms with Crippen LogP contribution in [0.3, 0.4) is 0 Å². The van der Waals surface area contributed by atoms with Crippen molar-refractivity contribution in [3.63, 3.8) is 0 Å². The maximum Gasteiger partial charge on any atom is 0.335 e. The minimum Gasteiger partial charge on any atom is -0.493 e. The van der Waals surface area contributed by atoms with Crippen LogP contribution in [-0.2, 0) is 24.1 Å². The van der Waals surface area contributed by atoms with Gasteiger partial charge in [0.1, 0.15) is 6.26 Å². The monoisotopic (exact) mass is 554 g/mol. The molecule has 2 heterocycles. The second kappa shape index (κ2) is 12.3. The summed E-state index contributed by atoms with van der Waals surface area (Å²) in [5.41, 5.74) is 7.37. The Bertz CT molecular complexity index is 1550. The highest BCUT2D eigenvalue weighted by atomic mass is 16.5. The fourth-order valence-electron chi connectivity index (χ4n) is 5.51. The zero-order chi connectivity index (χ0) is 28.9. The third-order valence-electron chi connectivity index (χ3n) is 7.59. The molecule has 8 nitrogen and oxygen atoms in total. The molecule has 1 N–H and O–H groups in total. The van der Waals surface area contributed by atoms with E-state index in [1.807, 2.05) is 23.1 Å². The number of carboxylic acids is 1. The number of benzene rings is 3. The van der Waals surface area contributed by atoms with Gasteiger partial charge in [0.2, 0.25) is 5.91 Å². The number of ether oxygens (including phenoxy) is 2. The van der Waals surface area contributed by atoms with Crippen LogP contribution >= 0.6 is 0 Å². The zero-order valence-corrected chi connectivity index (χ0v) is 23.6. The third kappa shape index (κ3) is 6.27. The van der Waals surface area contributed by atoms with Gasteiger partial charge in [-0.25, -0.2) is 9.78 Å². The number of nitrogens with zero attached hydrogens (tertiary/aromatic N) is 2. The Morgan fingerprint density at radius 2 is 1.90 bits per heavy atom. The summed E-state index contributed by atoms with van der Waals surface area (Å²) in [6.07, 6.45) is 5.04. The molecule has 1 amide bonds. The Kier molecular flexibility index (Phi) is 8.38. The standard InChI is InChI=1S/C33H34N2O6/c1-21-7-9-27(22(2)15-21)32-28-18-30(41-14-12-23-5-4-6-25(16-23)33(37)38)29(39-3)17-24(28)11-13-35(32)31(36)10-8-26-19-40-20-34-26/h4-7,9,15-20,32H,8,10-14H2,1-3H3,(H,37,38). The maximum atomic E-state index is 13.6. The number of carbonyl (C=O) groups excluding carboxylic acids is 1. The number of hydrogen-bond acceptors (Lipinski definition) is 6. The fourth-order valence-corrected chi connectivity index (χ4v) is 5.51. The molecule has 212 valence electrons. The molecular formula is C33H34N2O6. The Balaban J connectivity index is 1.45. The van der Waals surface area contributed by atoms with Crippen molar-refractivity contribution >= 4 is 11.9 Å². The average molecular weight is 555 g/mol. The van der Waals surface area contributed by atoms with E-state index in [0.29, 0.717) is 50.3 Å². The van der Waals surface area contributed by atoms with Crippen LogP contribution in [0.25, 0.3) is 0 Å². The van der Waals surface area contributed by atoms with E-state index in [2.05, 4.69) is 37.0 Å². The van der Waals surface area contributed by atoms with Crippen molar-refractivity contribution in [1.29, 1.82) is 0 Å². The minimum atomic E-state index is -0.957. The molecule has 5 rings (SSSR count). The predicted octanol–water partition coefficient (Wildman–Crippen LogP) is 5.73. The molecule has 1 unspecified atom stereocenters. The van der Waals surface area contributed by atoms with Crippen molar-refractivity contribution in [2.45, 2.75) is 45.6 Å². The highest BCUT2D eigenvalue weighted by molar-refractivity contribution is 5.87. The van der Waals surface area contributed by atoms with Crippen molar-refractivity contribution < 1.29 is 28.6 Å².